The van der Waals surface area contributed by atoms with Gasteiger partial charge in [-0.25, -0.2) is 0 Å². The Morgan fingerprint density at radius 3 is 2.88 bits per heavy atom. The average molecular weight is 248 g/mol. The van der Waals surface area contributed by atoms with Crippen LogP contribution in [0.5, 0.6) is 0 Å². The van der Waals surface area contributed by atoms with Crippen molar-refractivity contribution >= 4 is 11.8 Å². The lowest BCUT2D eigenvalue weighted by Crippen LogP contribution is -2.12. The molecule has 0 spiro atoms. The summed E-state index contributed by atoms with van der Waals surface area (Å²) in [7, 11) is 0. The van der Waals surface area contributed by atoms with Crippen LogP contribution in [0.15, 0.2) is 29.2 Å². The first-order valence-electron chi connectivity index (χ1n) is 6.68. The summed E-state index contributed by atoms with van der Waals surface area (Å²) < 4.78 is 0. The Morgan fingerprint density at radius 1 is 1.24 bits per heavy atom. The third-order valence-electron chi connectivity index (χ3n) is 4.43. The van der Waals surface area contributed by atoms with E-state index in [-0.39, 0.29) is 6.61 Å². The second kappa shape index (κ2) is 5.03. The van der Waals surface area contributed by atoms with Gasteiger partial charge in [-0.05, 0) is 54.7 Å². The zero-order valence-electron chi connectivity index (χ0n) is 10.1. The smallest absolute Gasteiger partial charge is 0.0682 e. The molecule has 1 aromatic rings. The van der Waals surface area contributed by atoms with Gasteiger partial charge in [0.25, 0.3) is 0 Å². The van der Waals surface area contributed by atoms with Crippen LogP contribution >= 0.6 is 11.8 Å². The summed E-state index contributed by atoms with van der Waals surface area (Å²) in [6, 6.07) is 8.32. The van der Waals surface area contributed by atoms with E-state index in [0.717, 1.165) is 23.3 Å². The van der Waals surface area contributed by atoms with Gasteiger partial charge < -0.3 is 5.11 Å². The molecule has 3 rings (SSSR count). The molecule has 1 nitrogen and oxygen atoms in total. The molecule has 1 aromatic carbocycles. The van der Waals surface area contributed by atoms with Crippen LogP contribution in [0.25, 0.3) is 0 Å². The lowest BCUT2D eigenvalue weighted by Gasteiger charge is -2.21. The summed E-state index contributed by atoms with van der Waals surface area (Å²) in [6.45, 7) is 0.155. The Labute approximate surface area is 108 Å². The SMILES string of the molecule is OCc1cccc(SCC2CC3CCC2C3)c1. The molecule has 3 atom stereocenters. The van der Waals surface area contributed by atoms with Crippen LogP contribution in [0.2, 0.25) is 0 Å². The predicted molar refractivity (Wildman–Crippen MR) is 72.0 cm³/mol. The third kappa shape index (κ3) is 2.53. The predicted octanol–water partition coefficient (Wildman–Crippen LogP) is 3.71. The molecule has 2 aliphatic carbocycles. The Bertz CT molecular complexity index is 390. The van der Waals surface area contributed by atoms with E-state index in [2.05, 4.69) is 18.2 Å². The molecule has 0 heterocycles. The van der Waals surface area contributed by atoms with Crippen molar-refractivity contribution in [2.45, 2.75) is 37.2 Å². The molecule has 17 heavy (non-hydrogen) atoms. The fourth-order valence-corrected chi connectivity index (χ4v) is 4.74. The van der Waals surface area contributed by atoms with E-state index in [1.54, 1.807) is 0 Å². The maximum atomic E-state index is 9.12. The van der Waals surface area contributed by atoms with Gasteiger partial charge in [0.2, 0.25) is 0 Å². The molecule has 2 saturated carbocycles. The highest BCUT2D eigenvalue weighted by atomic mass is 32.2. The van der Waals surface area contributed by atoms with E-state index < -0.39 is 0 Å². The van der Waals surface area contributed by atoms with Gasteiger partial charge in [0.1, 0.15) is 0 Å². The van der Waals surface area contributed by atoms with Crippen molar-refractivity contribution in [2.24, 2.45) is 17.8 Å². The zero-order valence-corrected chi connectivity index (χ0v) is 11.0. The van der Waals surface area contributed by atoms with Gasteiger partial charge >= 0.3 is 0 Å². The molecule has 1 N–H and O–H groups in total. The molecule has 0 amide bonds. The zero-order chi connectivity index (χ0) is 11.7. The number of aliphatic hydroxyl groups is 1. The molecule has 0 aliphatic heterocycles. The average Bonchev–Trinajstić information content (AvgIpc) is 2.99. The number of hydrogen-bond donors (Lipinski definition) is 1. The molecule has 2 heteroatoms. The minimum Gasteiger partial charge on any atom is -0.392 e. The van der Waals surface area contributed by atoms with Crippen molar-refractivity contribution in [3.8, 4) is 0 Å². The van der Waals surface area contributed by atoms with Gasteiger partial charge in [-0.1, -0.05) is 18.6 Å². The van der Waals surface area contributed by atoms with Crippen molar-refractivity contribution in [3.63, 3.8) is 0 Å². The summed E-state index contributed by atoms with van der Waals surface area (Å²) in [5.74, 6) is 4.30. The van der Waals surface area contributed by atoms with Crippen molar-refractivity contribution in [2.75, 3.05) is 5.75 Å². The minimum absolute atomic E-state index is 0.155. The van der Waals surface area contributed by atoms with Crippen LogP contribution in [0.4, 0.5) is 0 Å². The number of fused-ring (bicyclic) bond motifs is 2. The highest BCUT2D eigenvalue weighted by Crippen LogP contribution is 2.49. The topological polar surface area (TPSA) is 20.2 Å². The fraction of sp³-hybridized carbons (Fsp3) is 0.600. The Balaban J connectivity index is 1.56. The minimum atomic E-state index is 0.155. The van der Waals surface area contributed by atoms with E-state index in [0.29, 0.717) is 0 Å². The van der Waals surface area contributed by atoms with Gasteiger partial charge in [-0.2, -0.15) is 0 Å². The Kier molecular flexibility index (Phi) is 3.44. The molecule has 3 unspecified atom stereocenters. The monoisotopic (exact) mass is 248 g/mol. The summed E-state index contributed by atoms with van der Waals surface area (Å²) in [5, 5.41) is 9.12. The van der Waals surface area contributed by atoms with Crippen LogP contribution in [0.3, 0.4) is 0 Å². The Hall–Kier alpha value is -0.470. The van der Waals surface area contributed by atoms with E-state index in [9.17, 15) is 0 Å². The fourth-order valence-electron chi connectivity index (χ4n) is 3.52. The first kappa shape index (κ1) is 11.6. The van der Waals surface area contributed by atoms with Crippen molar-refractivity contribution in [1.82, 2.24) is 0 Å². The normalized spacial score (nSPS) is 31.0. The molecular formula is C15H20OS. The quantitative estimate of drug-likeness (QED) is 0.820. The summed E-state index contributed by atoms with van der Waals surface area (Å²) in [5.41, 5.74) is 1.03. The molecule has 2 fully saturated rings. The maximum absolute atomic E-state index is 9.12. The molecular weight excluding hydrogens is 228 g/mol. The van der Waals surface area contributed by atoms with E-state index in [4.69, 9.17) is 5.11 Å². The van der Waals surface area contributed by atoms with Gasteiger partial charge in [-0.15, -0.1) is 11.8 Å². The van der Waals surface area contributed by atoms with Gasteiger partial charge in [0.05, 0.1) is 6.61 Å². The summed E-state index contributed by atoms with van der Waals surface area (Å²) in [4.78, 5) is 1.32. The molecule has 92 valence electrons. The van der Waals surface area contributed by atoms with Gasteiger partial charge in [0.15, 0.2) is 0 Å². The van der Waals surface area contributed by atoms with Gasteiger partial charge in [-0.3, -0.25) is 0 Å². The highest BCUT2D eigenvalue weighted by molar-refractivity contribution is 7.99. The number of benzene rings is 1. The summed E-state index contributed by atoms with van der Waals surface area (Å²) >= 11 is 1.98. The van der Waals surface area contributed by atoms with Crippen LogP contribution in [0, 0.1) is 17.8 Å². The van der Waals surface area contributed by atoms with Crippen LogP contribution in [-0.4, -0.2) is 10.9 Å². The van der Waals surface area contributed by atoms with Crippen molar-refractivity contribution in [1.29, 1.82) is 0 Å². The second-order valence-corrected chi connectivity index (χ2v) is 6.64. The number of aliphatic hydroxyl groups excluding tert-OH is 1. The highest BCUT2D eigenvalue weighted by Gasteiger charge is 2.38. The van der Waals surface area contributed by atoms with Crippen molar-refractivity contribution < 1.29 is 5.11 Å². The van der Waals surface area contributed by atoms with Crippen LogP contribution in [0.1, 0.15) is 31.2 Å². The molecule has 0 aromatic heterocycles. The molecule has 2 aliphatic rings. The second-order valence-electron chi connectivity index (χ2n) is 5.55. The van der Waals surface area contributed by atoms with Crippen LogP contribution in [-0.2, 0) is 6.61 Å². The molecule has 0 radical (unpaired) electrons. The first-order valence-corrected chi connectivity index (χ1v) is 7.66. The third-order valence-corrected chi connectivity index (χ3v) is 5.61. The lowest BCUT2D eigenvalue weighted by molar-refractivity contribution is 0.281. The largest absolute Gasteiger partial charge is 0.392 e. The molecule has 0 saturated heterocycles. The Morgan fingerprint density at radius 2 is 2.18 bits per heavy atom. The van der Waals surface area contributed by atoms with E-state index >= 15 is 0 Å². The first-order chi connectivity index (χ1) is 8.35. The van der Waals surface area contributed by atoms with Crippen molar-refractivity contribution in [3.05, 3.63) is 29.8 Å². The maximum Gasteiger partial charge on any atom is 0.0682 e. The standard InChI is InChI=1S/C15H20OS/c16-9-12-2-1-3-15(8-12)17-10-14-7-11-4-5-13(14)6-11/h1-3,8,11,13-14,16H,4-7,9-10H2. The van der Waals surface area contributed by atoms with Gasteiger partial charge in [0, 0.05) is 10.6 Å². The lowest BCUT2D eigenvalue weighted by atomic mass is 9.90. The van der Waals surface area contributed by atoms with Crippen LogP contribution < -0.4 is 0 Å². The number of hydrogen-bond acceptors (Lipinski definition) is 2. The number of rotatable bonds is 4. The summed E-state index contributed by atoms with van der Waals surface area (Å²) in [6.07, 6.45) is 5.94. The molecule has 2 bridgehead atoms. The van der Waals surface area contributed by atoms with E-state index in [1.807, 2.05) is 17.8 Å². The number of thioether (sulfide) groups is 1. The van der Waals surface area contributed by atoms with E-state index in [1.165, 1.54) is 36.3 Å².